The van der Waals surface area contributed by atoms with Gasteiger partial charge in [0.1, 0.15) is 5.84 Å². The van der Waals surface area contributed by atoms with E-state index in [1.165, 1.54) is 0 Å². The van der Waals surface area contributed by atoms with Crippen LogP contribution in [0.15, 0.2) is 53.5 Å². The maximum atomic E-state index is 12.2. The predicted molar refractivity (Wildman–Crippen MR) is 89.9 cm³/mol. The third-order valence-corrected chi connectivity index (χ3v) is 3.65. The number of carbonyl (C=O) groups is 1. The van der Waals surface area contributed by atoms with Gasteiger partial charge in [0.15, 0.2) is 0 Å². The lowest BCUT2D eigenvalue weighted by Crippen LogP contribution is -2.30. The van der Waals surface area contributed by atoms with Gasteiger partial charge in [-0.2, -0.15) is 0 Å². The molecule has 2 aromatic rings. The number of anilines is 1. The number of nitrogens with zero attached hydrogens (tertiary/aromatic N) is 1. The molecule has 0 spiro atoms. The average Bonchev–Trinajstić information content (AvgIpc) is 2.56. The van der Waals surface area contributed by atoms with Gasteiger partial charge in [0.05, 0.1) is 0 Å². The van der Waals surface area contributed by atoms with Crippen LogP contribution in [0.3, 0.4) is 0 Å². The summed E-state index contributed by atoms with van der Waals surface area (Å²) in [6.45, 7) is 1.77. The lowest BCUT2D eigenvalue weighted by Gasteiger charge is -2.15. The van der Waals surface area contributed by atoms with Crippen molar-refractivity contribution in [2.24, 2.45) is 4.99 Å². The quantitative estimate of drug-likeness (QED) is 0.913. The van der Waals surface area contributed by atoms with Crippen molar-refractivity contribution >= 4 is 29.0 Å². The number of nitrogens with one attached hydrogen (secondary N) is 2. The van der Waals surface area contributed by atoms with E-state index in [0.717, 1.165) is 36.6 Å². The SMILES string of the molecule is O=C(Nc1cccc(C2=NCCCN2)c1)c1ccc(Cl)cc1. The Kier molecular flexibility index (Phi) is 4.39. The van der Waals surface area contributed by atoms with Crippen LogP contribution in [0, 0.1) is 0 Å². The van der Waals surface area contributed by atoms with Crippen molar-refractivity contribution in [3.05, 3.63) is 64.7 Å². The molecule has 0 aromatic heterocycles. The van der Waals surface area contributed by atoms with Gasteiger partial charge in [-0.15, -0.1) is 0 Å². The second-order valence-corrected chi connectivity index (χ2v) is 5.49. The summed E-state index contributed by atoms with van der Waals surface area (Å²) < 4.78 is 0. The molecule has 2 aromatic carbocycles. The van der Waals surface area contributed by atoms with Crippen molar-refractivity contribution < 1.29 is 4.79 Å². The Morgan fingerprint density at radius 3 is 2.73 bits per heavy atom. The maximum absolute atomic E-state index is 12.2. The molecular weight excluding hydrogens is 298 g/mol. The van der Waals surface area contributed by atoms with Crippen molar-refractivity contribution in [3.8, 4) is 0 Å². The maximum Gasteiger partial charge on any atom is 0.255 e. The van der Waals surface area contributed by atoms with E-state index in [-0.39, 0.29) is 5.91 Å². The highest BCUT2D eigenvalue weighted by atomic mass is 35.5. The average molecular weight is 314 g/mol. The van der Waals surface area contributed by atoms with Crippen LogP contribution in [0.1, 0.15) is 22.3 Å². The summed E-state index contributed by atoms with van der Waals surface area (Å²) in [6.07, 6.45) is 1.05. The molecule has 0 bridgehead atoms. The first-order chi connectivity index (χ1) is 10.7. The van der Waals surface area contributed by atoms with E-state index in [1.807, 2.05) is 24.3 Å². The summed E-state index contributed by atoms with van der Waals surface area (Å²) in [7, 11) is 0. The summed E-state index contributed by atoms with van der Waals surface area (Å²) in [6, 6.07) is 14.5. The third kappa shape index (κ3) is 3.46. The number of hydrogen-bond acceptors (Lipinski definition) is 3. The Labute approximate surface area is 134 Å². The third-order valence-electron chi connectivity index (χ3n) is 3.40. The highest BCUT2D eigenvalue weighted by Gasteiger charge is 2.09. The number of benzene rings is 2. The summed E-state index contributed by atoms with van der Waals surface area (Å²) in [5.74, 6) is 0.723. The molecule has 22 heavy (non-hydrogen) atoms. The zero-order chi connectivity index (χ0) is 15.4. The normalized spacial score (nSPS) is 14.0. The van der Waals surface area contributed by atoms with Crippen LogP contribution in [0.5, 0.6) is 0 Å². The summed E-state index contributed by atoms with van der Waals surface area (Å²) >= 11 is 5.83. The second-order valence-electron chi connectivity index (χ2n) is 5.05. The standard InChI is InChI=1S/C17H16ClN3O/c18-14-7-5-12(6-8-14)17(22)21-15-4-1-3-13(11-15)16-19-9-2-10-20-16/h1,3-8,11H,2,9-10H2,(H,19,20)(H,21,22). The van der Waals surface area contributed by atoms with Gasteiger partial charge in [0.2, 0.25) is 0 Å². The number of hydrogen-bond donors (Lipinski definition) is 2. The Balaban J connectivity index is 1.76. The van der Waals surface area contributed by atoms with Gasteiger partial charge in [-0.1, -0.05) is 23.7 Å². The summed E-state index contributed by atoms with van der Waals surface area (Å²) in [5, 5.41) is 6.78. The molecule has 0 radical (unpaired) electrons. The van der Waals surface area contributed by atoms with Gasteiger partial charge >= 0.3 is 0 Å². The van der Waals surface area contributed by atoms with Crippen LogP contribution in [0.4, 0.5) is 5.69 Å². The lowest BCUT2D eigenvalue weighted by molar-refractivity contribution is 0.102. The van der Waals surface area contributed by atoms with Gasteiger partial charge in [-0.05, 0) is 42.8 Å². The molecule has 5 heteroatoms. The molecule has 4 nitrogen and oxygen atoms in total. The minimum atomic E-state index is -0.160. The first-order valence-electron chi connectivity index (χ1n) is 7.18. The topological polar surface area (TPSA) is 53.5 Å². The van der Waals surface area contributed by atoms with Gasteiger partial charge < -0.3 is 10.6 Å². The predicted octanol–water partition coefficient (Wildman–Crippen LogP) is 3.33. The molecule has 3 rings (SSSR count). The first-order valence-corrected chi connectivity index (χ1v) is 7.56. The molecule has 0 fully saturated rings. The molecule has 0 aliphatic carbocycles. The van der Waals surface area contributed by atoms with E-state index >= 15 is 0 Å². The molecule has 1 aliphatic rings. The molecule has 1 amide bonds. The highest BCUT2D eigenvalue weighted by Crippen LogP contribution is 2.15. The molecule has 2 N–H and O–H groups in total. The van der Waals surface area contributed by atoms with Crippen molar-refractivity contribution in [3.63, 3.8) is 0 Å². The minimum Gasteiger partial charge on any atom is -0.370 e. The number of rotatable bonds is 3. The monoisotopic (exact) mass is 313 g/mol. The molecule has 1 aliphatic heterocycles. The molecule has 0 saturated heterocycles. The van der Waals surface area contributed by atoms with Crippen molar-refractivity contribution in [1.29, 1.82) is 0 Å². The van der Waals surface area contributed by atoms with E-state index in [1.54, 1.807) is 24.3 Å². The van der Waals surface area contributed by atoms with Crippen LogP contribution in [0.25, 0.3) is 0 Å². The Morgan fingerprint density at radius 1 is 1.18 bits per heavy atom. The van der Waals surface area contributed by atoms with Crippen molar-refractivity contribution in [2.45, 2.75) is 6.42 Å². The van der Waals surface area contributed by atoms with Crippen LogP contribution in [-0.2, 0) is 0 Å². The van der Waals surface area contributed by atoms with Crippen LogP contribution in [0.2, 0.25) is 5.02 Å². The highest BCUT2D eigenvalue weighted by molar-refractivity contribution is 6.30. The second kappa shape index (κ2) is 6.62. The van der Waals surface area contributed by atoms with E-state index in [0.29, 0.717) is 10.6 Å². The van der Waals surface area contributed by atoms with Crippen LogP contribution in [-0.4, -0.2) is 24.8 Å². The Morgan fingerprint density at radius 2 is 2.00 bits per heavy atom. The van der Waals surface area contributed by atoms with Gasteiger partial charge in [0.25, 0.3) is 5.91 Å². The fourth-order valence-corrected chi connectivity index (χ4v) is 2.40. The minimum absolute atomic E-state index is 0.160. The molecular formula is C17H16ClN3O. The largest absolute Gasteiger partial charge is 0.370 e. The first kappa shape index (κ1) is 14.6. The zero-order valence-corrected chi connectivity index (χ0v) is 12.7. The fourth-order valence-electron chi connectivity index (χ4n) is 2.27. The molecule has 0 atom stereocenters. The zero-order valence-electron chi connectivity index (χ0n) is 12.0. The van der Waals surface area contributed by atoms with Crippen LogP contribution >= 0.6 is 11.6 Å². The van der Waals surface area contributed by atoms with Gasteiger partial charge in [-0.25, -0.2) is 0 Å². The van der Waals surface area contributed by atoms with E-state index < -0.39 is 0 Å². The van der Waals surface area contributed by atoms with Crippen LogP contribution < -0.4 is 10.6 Å². The summed E-state index contributed by atoms with van der Waals surface area (Å²) in [5.41, 5.74) is 2.30. The number of halogens is 1. The molecule has 1 heterocycles. The van der Waals surface area contributed by atoms with Gasteiger partial charge in [-0.3, -0.25) is 9.79 Å². The number of amides is 1. The summed E-state index contributed by atoms with van der Waals surface area (Å²) in [4.78, 5) is 16.7. The number of aliphatic imine (C=N–C) groups is 1. The molecule has 0 unspecified atom stereocenters. The number of amidine groups is 1. The molecule has 112 valence electrons. The van der Waals surface area contributed by atoms with Crippen molar-refractivity contribution in [1.82, 2.24) is 5.32 Å². The number of carbonyl (C=O) groups excluding carboxylic acids is 1. The Bertz CT molecular complexity index is 710. The lowest BCUT2D eigenvalue weighted by atomic mass is 10.1. The van der Waals surface area contributed by atoms with Gasteiger partial charge in [0, 0.05) is 34.9 Å². The fraction of sp³-hybridized carbons (Fsp3) is 0.176. The van der Waals surface area contributed by atoms with Crippen molar-refractivity contribution in [2.75, 3.05) is 18.4 Å². The Hall–Kier alpha value is -2.33. The molecule has 0 saturated carbocycles. The smallest absolute Gasteiger partial charge is 0.255 e. The van der Waals surface area contributed by atoms with E-state index in [2.05, 4.69) is 15.6 Å². The van der Waals surface area contributed by atoms with E-state index in [9.17, 15) is 4.79 Å². The van der Waals surface area contributed by atoms with E-state index in [4.69, 9.17) is 11.6 Å².